The Morgan fingerprint density at radius 3 is 1.95 bits per heavy atom. The summed E-state index contributed by atoms with van der Waals surface area (Å²) in [6.07, 6.45) is 31.0. The van der Waals surface area contributed by atoms with E-state index in [1.807, 2.05) is 18.2 Å². The minimum atomic E-state index is -0.795. The fraction of sp³-hybridized carbons (Fsp3) is 0.778. The Labute approximate surface area is 258 Å². The number of carbonyl (C=O) groups is 2. The van der Waals surface area contributed by atoms with Crippen molar-refractivity contribution in [1.82, 2.24) is 0 Å². The Hall–Kier alpha value is -1.92. The SMILES string of the molecule is CC/C=C/CC(O)/C=C/C=C/CCCCCCCC(=O)O[C@@H](CO)COC(=O)CCCCCCCCCCC(C)CC. The Balaban J connectivity index is 3.69. The van der Waals surface area contributed by atoms with Crippen molar-refractivity contribution in [1.29, 1.82) is 0 Å². The monoisotopic (exact) mass is 592 g/mol. The molecule has 0 aliphatic heterocycles. The summed E-state index contributed by atoms with van der Waals surface area (Å²) in [7, 11) is 0. The van der Waals surface area contributed by atoms with Gasteiger partial charge in [-0.15, -0.1) is 0 Å². The second kappa shape index (κ2) is 30.5. The van der Waals surface area contributed by atoms with E-state index in [-0.39, 0.29) is 25.2 Å². The van der Waals surface area contributed by atoms with Crippen LogP contribution in [0.4, 0.5) is 0 Å². The quantitative estimate of drug-likeness (QED) is 0.0390. The first-order valence-electron chi connectivity index (χ1n) is 17.0. The maximum atomic E-state index is 12.1. The molecule has 0 aromatic carbocycles. The number of carbonyl (C=O) groups excluding carboxylic acids is 2. The predicted molar refractivity (Wildman–Crippen MR) is 174 cm³/mol. The van der Waals surface area contributed by atoms with Gasteiger partial charge < -0.3 is 19.7 Å². The third-order valence-electron chi connectivity index (χ3n) is 7.57. The number of esters is 2. The number of aliphatic hydroxyl groups is 2. The van der Waals surface area contributed by atoms with Crippen LogP contribution in [0.5, 0.6) is 0 Å². The molecule has 0 rings (SSSR count). The number of hydrogen-bond donors (Lipinski definition) is 2. The summed E-state index contributed by atoms with van der Waals surface area (Å²) < 4.78 is 10.5. The molecule has 0 saturated carbocycles. The van der Waals surface area contributed by atoms with Crippen molar-refractivity contribution in [3.63, 3.8) is 0 Å². The highest BCUT2D eigenvalue weighted by Crippen LogP contribution is 2.15. The predicted octanol–water partition coefficient (Wildman–Crippen LogP) is 8.94. The smallest absolute Gasteiger partial charge is 0.306 e. The van der Waals surface area contributed by atoms with Gasteiger partial charge in [-0.1, -0.05) is 134 Å². The van der Waals surface area contributed by atoms with Gasteiger partial charge >= 0.3 is 11.9 Å². The highest BCUT2D eigenvalue weighted by atomic mass is 16.6. The molecule has 42 heavy (non-hydrogen) atoms. The van der Waals surface area contributed by atoms with Crippen molar-refractivity contribution < 1.29 is 29.3 Å². The molecular formula is C36H64O6. The van der Waals surface area contributed by atoms with Gasteiger partial charge in [0.05, 0.1) is 12.7 Å². The van der Waals surface area contributed by atoms with Crippen LogP contribution in [0.2, 0.25) is 0 Å². The van der Waals surface area contributed by atoms with Crippen molar-refractivity contribution >= 4 is 11.9 Å². The van der Waals surface area contributed by atoms with Gasteiger partial charge in [0.15, 0.2) is 6.10 Å². The number of aliphatic hydroxyl groups excluding tert-OH is 2. The van der Waals surface area contributed by atoms with Crippen molar-refractivity contribution in [3.8, 4) is 0 Å². The molecule has 0 bridgehead atoms. The van der Waals surface area contributed by atoms with Gasteiger partial charge in [0.1, 0.15) is 6.61 Å². The van der Waals surface area contributed by atoms with E-state index in [0.29, 0.717) is 19.3 Å². The first-order chi connectivity index (χ1) is 20.4. The van der Waals surface area contributed by atoms with Gasteiger partial charge in [-0.05, 0) is 44.4 Å². The molecule has 6 nitrogen and oxygen atoms in total. The summed E-state index contributed by atoms with van der Waals surface area (Å²) in [6.45, 7) is 6.22. The molecule has 0 fully saturated rings. The Morgan fingerprint density at radius 2 is 1.33 bits per heavy atom. The molecule has 244 valence electrons. The molecule has 2 unspecified atom stereocenters. The molecule has 3 atom stereocenters. The summed E-state index contributed by atoms with van der Waals surface area (Å²) in [4.78, 5) is 24.1. The Morgan fingerprint density at radius 1 is 0.738 bits per heavy atom. The van der Waals surface area contributed by atoms with Gasteiger partial charge in [-0.3, -0.25) is 9.59 Å². The Bertz CT molecular complexity index is 714. The molecule has 0 saturated heterocycles. The van der Waals surface area contributed by atoms with Gasteiger partial charge in [0, 0.05) is 12.8 Å². The van der Waals surface area contributed by atoms with Crippen LogP contribution >= 0.6 is 0 Å². The maximum absolute atomic E-state index is 12.1. The molecule has 0 aliphatic carbocycles. The second-order valence-corrected chi connectivity index (χ2v) is 11.7. The Kier molecular flexibility index (Phi) is 29.1. The topological polar surface area (TPSA) is 93.1 Å². The average molecular weight is 593 g/mol. The second-order valence-electron chi connectivity index (χ2n) is 11.7. The van der Waals surface area contributed by atoms with E-state index in [1.54, 1.807) is 6.08 Å². The van der Waals surface area contributed by atoms with Gasteiger partial charge in [-0.2, -0.15) is 0 Å². The number of allylic oxidation sites excluding steroid dienone is 4. The molecule has 0 spiro atoms. The van der Waals surface area contributed by atoms with Crippen LogP contribution in [0.15, 0.2) is 36.5 Å². The minimum Gasteiger partial charge on any atom is -0.462 e. The number of hydrogen-bond acceptors (Lipinski definition) is 6. The lowest BCUT2D eigenvalue weighted by molar-refractivity contribution is -0.161. The zero-order valence-corrected chi connectivity index (χ0v) is 27.3. The fourth-order valence-corrected chi connectivity index (χ4v) is 4.56. The zero-order chi connectivity index (χ0) is 31.1. The normalized spacial score (nSPS) is 14.1. The highest BCUT2D eigenvalue weighted by Gasteiger charge is 2.16. The molecule has 0 aliphatic rings. The van der Waals surface area contributed by atoms with E-state index in [9.17, 15) is 19.8 Å². The third-order valence-corrected chi connectivity index (χ3v) is 7.57. The van der Waals surface area contributed by atoms with Crippen LogP contribution in [-0.2, 0) is 19.1 Å². The molecular weight excluding hydrogens is 528 g/mol. The van der Waals surface area contributed by atoms with Crippen LogP contribution in [-0.4, -0.2) is 47.6 Å². The van der Waals surface area contributed by atoms with Gasteiger partial charge in [0.2, 0.25) is 0 Å². The fourth-order valence-electron chi connectivity index (χ4n) is 4.56. The first-order valence-corrected chi connectivity index (χ1v) is 17.0. The van der Waals surface area contributed by atoms with E-state index in [0.717, 1.165) is 70.1 Å². The third kappa shape index (κ3) is 28.2. The van der Waals surface area contributed by atoms with Crippen molar-refractivity contribution in [2.24, 2.45) is 5.92 Å². The minimum absolute atomic E-state index is 0.0880. The first kappa shape index (κ1) is 40.1. The van der Waals surface area contributed by atoms with Crippen LogP contribution < -0.4 is 0 Å². The lowest BCUT2D eigenvalue weighted by Crippen LogP contribution is -2.28. The van der Waals surface area contributed by atoms with E-state index in [2.05, 4.69) is 32.9 Å². The van der Waals surface area contributed by atoms with Crippen molar-refractivity contribution in [2.45, 2.75) is 161 Å². The molecule has 0 aromatic heterocycles. The van der Waals surface area contributed by atoms with E-state index in [1.165, 1.54) is 44.9 Å². The molecule has 0 aromatic rings. The molecule has 0 amide bonds. The maximum Gasteiger partial charge on any atom is 0.306 e. The van der Waals surface area contributed by atoms with E-state index >= 15 is 0 Å². The van der Waals surface area contributed by atoms with E-state index < -0.39 is 12.2 Å². The van der Waals surface area contributed by atoms with Crippen LogP contribution in [0.3, 0.4) is 0 Å². The number of rotatable bonds is 29. The van der Waals surface area contributed by atoms with Crippen molar-refractivity contribution in [2.75, 3.05) is 13.2 Å². The molecule has 0 heterocycles. The lowest BCUT2D eigenvalue weighted by atomic mass is 9.99. The van der Waals surface area contributed by atoms with Gasteiger partial charge in [-0.25, -0.2) is 0 Å². The summed E-state index contributed by atoms with van der Waals surface area (Å²) in [6, 6.07) is 0. The van der Waals surface area contributed by atoms with Gasteiger partial charge in [0.25, 0.3) is 0 Å². The summed E-state index contributed by atoms with van der Waals surface area (Å²) in [5.74, 6) is 0.202. The largest absolute Gasteiger partial charge is 0.462 e. The highest BCUT2D eigenvalue weighted by molar-refractivity contribution is 5.70. The van der Waals surface area contributed by atoms with Crippen LogP contribution in [0.1, 0.15) is 149 Å². The molecule has 0 radical (unpaired) electrons. The molecule has 6 heteroatoms. The van der Waals surface area contributed by atoms with E-state index in [4.69, 9.17) is 9.47 Å². The number of ether oxygens (including phenoxy) is 2. The lowest BCUT2D eigenvalue weighted by Gasteiger charge is -2.15. The summed E-state index contributed by atoms with van der Waals surface area (Å²) >= 11 is 0. The standard InChI is InChI=1S/C36H64O6/c1-4-6-20-26-33(38)27-22-17-13-8-7-9-15-19-24-29-36(40)42-34(30-37)31-41-35(39)28-23-18-14-11-10-12-16-21-25-32(3)5-2/h6,13,17,20,22,27,32-34,37-38H,4-5,7-12,14-16,18-19,21,23-26,28-31H2,1-3H3/b17-13+,20-6+,27-22+/t32?,33?,34-/m0/s1. The van der Waals surface area contributed by atoms with Crippen LogP contribution in [0, 0.1) is 5.92 Å². The molecule has 2 N–H and O–H groups in total. The summed E-state index contributed by atoms with van der Waals surface area (Å²) in [5, 5.41) is 19.3. The summed E-state index contributed by atoms with van der Waals surface area (Å²) in [5.41, 5.74) is 0. The zero-order valence-electron chi connectivity index (χ0n) is 27.3. The van der Waals surface area contributed by atoms with Crippen molar-refractivity contribution in [3.05, 3.63) is 36.5 Å². The van der Waals surface area contributed by atoms with Crippen LogP contribution in [0.25, 0.3) is 0 Å². The average Bonchev–Trinajstić information content (AvgIpc) is 2.98. The number of unbranched alkanes of at least 4 members (excludes halogenated alkanes) is 12.